The van der Waals surface area contributed by atoms with Crippen LogP contribution in [0.5, 0.6) is 0 Å². The fourth-order valence-electron chi connectivity index (χ4n) is 3.23. The van der Waals surface area contributed by atoms with Crippen molar-refractivity contribution in [3.8, 4) is 0 Å². The number of nitrogens with one attached hydrogen (secondary N) is 3. The summed E-state index contributed by atoms with van der Waals surface area (Å²) >= 11 is 0. The molecule has 1 saturated heterocycles. The van der Waals surface area contributed by atoms with Gasteiger partial charge in [0.2, 0.25) is 5.91 Å². The van der Waals surface area contributed by atoms with Crippen LogP contribution in [0.4, 0.5) is 11.4 Å². The standard InChI is InChI=1S/C18H18N4O4S/c1-11-9-15-16(20-18(24)19-15)10-14(11)21-27(25,26)13-6-4-12(5-7-13)22-8-2-3-17(22)23/h4-7,9-10,21H,2-3,8H2,1H3,(H2,19,20,24). The molecule has 0 radical (unpaired) electrons. The Balaban J connectivity index is 1.62. The summed E-state index contributed by atoms with van der Waals surface area (Å²) in [4.78, 5) is 30.2. The van der Waals surface area contributed by atoms with E-state index in [-0.39, 0.29) is 16.5 Å². The normalized spacial score (nSPS) is 14.9. The van der Waals surface area contributed by atoms with E-state index in [9.17, 15) is 18.0 Å². The Morgan fingerprint density at radius 2 is 1.70 bits per heavy atom. The van der Waals surface area contributed by atoms with Gasteiger partial charge in [0, 0.05) is 18.7 Å². The van der Waals surface area contributed by atoms with E-state index in [0.717, 1.165) is 6.42 Å². The van der Waals surface area contributed by atoms with Crippen molar-refractivity contribution >= 4 is 38.3 Å². The molecular formula is C18H18N4O4S. The maximum atomic E-state index is 12.7. The fourth-order valence-corrected chi connectivity index (χ4v) is 4.35. The molecular weight excluding hydrogens is 368 g/mol. The van der Waals surface area contributed by atoms with Crippen LogP contribution in [0.25, 0.3) is 11.0 Å². The maximum absolute atomic E-state index is 12.7. The van der Waals surface area contributed by atoms with Crippen LogP contribution in [-0.4, -0.2) is 30.8 Å². The predicted molar refractivity (Wildman–Crippen MR) is 102 cm³/mol. The van der Waals surface area contributed by atoms with Gasteiger partial charge in [0.15, 0.2) is 0 Å². The Morgan fingerprint density at radius 3 is 2.33 bits per heavy atom. The number of H-pyrrole nitrogens is 2. The van der Waals surface area contributed by atoms with Crippen molar-refractivity contribution in [1.29, 1.82) is 0 Å². The van der Waals surface area contributed by atoms with Gasteiger partial charge in [0.25, 0.3) is 10.0 Å². The van der Waals surface area contributed by atoms with E-state index in [1.165, 1.54) is 12.1 Å². The van der Waals surface area contributed by atoms with Crippen LogP contribution in [0.2, 0.25) is 0 Å². The van der Waals surface area contributed by atoms with E-state index in [1.54, 1.807) is 36.1 Å². The number of hydrogen-bond acceptors (Lipinski definition) is 4. The summed E-state index contributed by atoms with van der Waals surface area (Å²) in [7, 11) is -3.81. The number of amides is 1. The van der Waals surface area contributed by atoms with E-state index in [4.69, 9.17) is 0 Å². The SMILES string of the molecule is Cc1cc2[nH]c(=O)[nH]c2cc1NS(=O)(=O)c1ccc(N2CCCC2=O)cc1. The zero-order valence-corrected chi connectivity index (χ0v) is 15.4. The number of sulfonamides is 1. The Kier molecular flexibility index (Phi) is 4.03. The Hall–Kier alpha value is -3.07. The van der Waals surface area contributed by atoms with Crippen molar-refractivity contribution in [2.45, 2.75) is 24.7 Å². The molecule has 4 rings (SSSR count). The second-order valence-electron chi connectivity index (χ2n) is 6.54. The van der Waals surface area contributed by atoms with Gasteiger partial charge in [0.1, 0.15) is 0 Å². The third kappa shape index (κ3) is 3.21. The van der Waals surface area contributed by atoms with Crippen molar-refractivity contribution in [3.05, 3.63) is 52.4 Å². The van der Waals surface area contributed by atoms with Gasteiger partial charge >= 0.3 is 5.69 Å². The van der Waals surface area contributed by atoms with Crippen molar-refractivity contribution < 1.29 is 13.2 Å². The van der Waals surface area contributed by atoms with Gasteiger partial charge in [-0.1, -0.05) is 0 Å². The first-order valence-corrected chi connectivity index (χ1v) is 9.98. The minimum atomic E-state index is -3.81. The maximum Gasteiger partial charge on any atom is 0.323 e. The number of fused-ring (bicyclic) bond motifs is 1. The van der Waals surface area contributed by atoms with Crippen molar-refractivity contribution in [3.63, 3.8) is 0 Å². The smallest absolute Gasteiger partial charge is 0.312 e. The van der Waals surface area contributed by atoms with E-state index < -0.39 is 10.0 Å². The van der Waals surface area contributed by atoms with Gasteiger partial charge in [-0.25, -0.2) is 13.2 Å². The monoisotopic (exact) mass is 386 g/mol. The lowest BCUT2D eigenvalue weighted by Gasteiger charge is -2.16. The topological polar surface area (TPSA) is 115 Å². The molecule has 1 aliphatic heterocycles. The highest BCUT2D eigenvalue weighted by molar-refractivity contribution is 7.92. The van der Waals surface area contributed by atoms with Crippen LogP contribution in [0, 0.1) is 6.92 Å². The number of aromatic nitrogens is 2. The van der Waals surface area contributed by atoms with Crippen molar-refractivity contribution in [2.24, 2.45) is 0 Å². The van der Waals surface area contributed by atoms with Crippen LogP contribution in [-0.2, 0) is 14.8 Å². The highest BCUT2D eigenvalue weighted by atomic mass is 32.2. The number of benzene rings is 2. The second-order valence-corrected chi connectivity index (χ2v) is 8.22. The number of aryl methyl sites for hydroxylation is 1. The highest BCUT2D eigenvalue weighted by Crippen LogP contribution is 2.26. The van der Waals surface area contributed by atoms with Crippen LogP contribution < -0.4 is 15.3 Å². The van der Waals surface area contributed by atoms with Gasteiger partial charge in [-0.05, 0) is 55.3 Å². The first-order chi connectivity index (χ1) is 12.8. The summed E-state index contributed by atoms with van der Waals surface area (Å²) in [6.45, 7) is 2.40. The van der Waals surface area contributed by atoms with Crippen molar-refractivity contribution in [1.82, 2.24) is 9.97 Å². The Bertz CT molecular complexity index is 1190. The number of aromatic amines is 2. The molecule has 0 bridgehead atoms. The average molecular weight is 386 g/mol. The second kappa shape index (κ2) is 6.27. The molecule has 140 valence electrons. The van der Waals surface area contributed by atoms with Crippen LogP contribution in [0.3, 0.4) is 0 Å². The Labute approximate surface area is 155 Å². The lowest BCUT2D eigenvalue weighted by molar-refractivity contribution is -0.117. The van der Waals surface area contributed by atoms with E-state index in [1.807, 2.05) is 0 Å². The van der Waals surface area contributed by atoms with Gasteiger partial charge in [-0.15, -0.1) is 0 Å². The Morgan fingerprint density at radius 1 is 1.04 bits per heavy atom. The predicted octanol–water partition coefficient (Wildman–Crippen LogP) is 2.09. The highest BCUT2D eigenvalue weighted by Gasteiger charge is 2.22. The molecule has 0 aliphatic carbocycles. The molecule has 8 nitrogen and oxygen atoms in total. The molecule has 0 unspecified atom stereocenters. The first kappa shape index (κ1) is 17.3. The van der Waals surface area contributed by atoms with Crippen LogP contribution in [0.1, 0.15) is 18.4 Å². The third-order valence-electron chi connectivity index (χ3n) is 4.64. The zero-order valence-electron chi connectivity index (χ0n) is 14.6. The summed E-state index contributed by atoms with van der Waals surface area (Å²) < 4.78 is 28.0. The lowest BCUT2D eigenvalue weighted by Crippen LogP contribution is -2.23. The molecule has 1 aromatic heterocycles. The number of nitrogens with zero attached hydrogens (tertiary/aromatic N) is 1. The number of carbonyl (C=O) groups excluding carboxylic acids is 1. The summed E-state index contributed by atoms with van der Waals surface area (Å²) in [6.07, 6.45) is 1.33. The molecule has 0 saturated carbocycles. The molecule has 1 aliphatic rings. The lowest BCUT2D eigenvalue weighted by atomic mass is 10.2. The van der Waals surface area contributed by atoms with E-state index in [0.29, 0.717) is 40.9 Å². The molecule has 2 aromatic carbocycles. The summed E-state index contributed by atoms with van der Waals surface area (Å²) in [5.41, 5.74) is 2.54. The summed E-state index contributed by atoms with van der Waals surface area (Å²) in [5, 5.41) is 0. The van der Waals surface area contributed by atoms with Crippen LogP contribution >= 0.6 is 0 Å². The molecule has 3 aromatic rings. The quantitative estimate of drug-likeness (QED) is 0.637. The fraction of sp³-hybridized carbons (Fsp3) is 0.222. The molecule has 9 heteroatoms. The van der Waals surface area contributed by atoms with Gasteiger partial charge in [-0.2, -0.15) is 0 Å². The number of imidazole rings is 1. The molecule has 0 atom stereocenters. The molecule has 1 amide bonds. The molecule has 1 fully saturated rings. The van der Waals surface area contributed by atoms with Crippen molar-refractivity contribution in [2.75, 3.05) is 16.2 Å². The third-order valence-corrected chi connectivity index (χ3v) is 6.02. The average Bonchev–Trinajstić information content (AvgIpc) is 3.19. The molecule has 3 N–H and O–H groups in total. The summed E-state index contributed by atoms with van der Waals surface area (Å²) in [6, 6.07) is 9.52. The number of rotatable bonds is 4. The number of anilines is 2. The summed E-state index contributed by atoms with van der Waals surface area (Å²) in [5.74, 6) is 0.0492. The largest absolute Gasteiger partial charge is 0.323 e. The first-order valence-electron chi connectivity index (χ1n) is 8.49. The van der Waals surface area contributed by atoms with Crippen LogP contribution in [0.15, 0.2) is 46.1 Å². The van der Waals surface area contributed by atoms with Gasteiger partial charge < -0.3 is 14.9 Å². The number of hydrogen-bond donors (Lipinski definition) is 3. The van der Waals surface area contributed by atoms with E-state index in [2.05, 4.69) is 14.7 Å². The molecule has 2 heterocycles. The zero-order chi connectivity index (χ0) is 19.2. The molecule has 0 spiro atoms. The van der Waals surface area contributed by atoms with E-state index >= 15 is 0 Å². The van der Waals surface area contributed by atoms with Gasteiger partial charge in [0.05, 0.1) is 21.6 Å². The minimum absolute atomic E-state index is 0.0492. The minimum Gasteiger partial charge on any atom is -0.312 e. The number of carbonyl (C=O) groups is 1. The molecule has 27 heavy (non-hydrogen) atoms. The van der Waals surface area contributed by atoms with Gasteiger partial charge in [-0.3, -0.25) is 9.52 Å².